The summed E-state index contributed by atoms with van der Waals surface area (Å²) in [5.41, 5.74) is 15.1. The zero-order valence-corrected chi connectivity index (χ0v) is 27.6. The minimum atomic E-state index is -0.533. The van der Waals surface area contributed by atoms with Gasteiger partial charge in [-0.2, -0.15) is 0 Å². The van der Waals surface area contributed by atoms with Crippen LogP contribution in [-0.2, 0) is 5.41 Å². The summed E-state index contributed by atoms with van der Waals surface area (Å²) in [5, 5.41) is 4.55. The fourth-order valence-corrected chi connectivity index (χ4v) is 8.79. The van der Waals surface area contributed by atoms with Crippen molar-refractivity contribution < 1.29 is 8.83 Å². The Labute approximate surface area is 294 Å². The van der Waals surface area contributed by atoms with Crippen LogP contribution in [0.1, 0.15) is 22.3 Å². The maximum atomic E-state index is 6.52. The van der Waals surface area contributed by atoms with Gasteiger partial charge in [-0.3, -0.25) is 0 Å². The molecule has 0 bridgehead atoms. The van der Waals surface area contributed by atoms with Crippen LogP contribution in [0.5, 0.6) is 0 Å². The van der Waals surface area contributed by atoms with Gasteiger partial charge in [0.05, 0.1) is 5.41 Å². The Morgan fingerprint density at radius 2 is 0.784 bits per heavy atom. The second-order valence-electron chi connectivity index (χ2n) is 13.6. The van der Waals surface area contributed by atoms with Crippen LogP contribution in [0, 0.1) is 0 Å². The minimum Gasteiger partial charge on any atom is -0.455 e. The van der Waals surface area contributed by atoms with Gasteiger partial charge >= 0.3 is 0 Å². The Morgan fingerprint density at radius 1 is 0.314 bits per heavy atom. The number of hydrogen-bond donors (Lipinski definition) is 0. The van der Waals surface area contributed by atoms with E-state index in [1.807, 2.05) is 18.2 Å². The summed E-state index contributed by atoms with van der Waals surface area (Å²) in [7, 11) is 0. The van der Waals surface area contributed by atoms with E-state index in [-0.39, 0.29) is 0 Å². The van der Waals surface area contributed by atoms with E-state index < -0.39 is 5.41 Å². The summed E-state index contributed by atoms with van der Waals surface area (Å²) in [4.78, 5) is 0. The Morgan fingerprint density at radius 3 is 1.39 bits per heavy atom. The molecular weight excluding hydrogens is 621 g/mol. The van der Waals surface area contributed by atoms with Crippen molar-refractivity contribution in [1.29, 1.82) is 0 Å². The highest BCUT2D eigenvalue weighted by molar-refractivity contribution is 6.10. The van der Waals surface area contributed by atoms with Crippen molar-refractivity contribution in [3.05, 3.63) is 204 Å². The summed E-state index contributed by atoms with van der Waals surface area (Å²) >= 11 is 0. The standard InChI is InChI=1S/C49H30O2/c1-5-22-43-37(14-1)38-15-2-6-23-44(38)49(43,33-28-26-31(27-29-33)35-18-10-20-41-39-16-3-7-24-45(39)50-47(35)41)34-13-9-12-32(30-34)36-19-11-21-42-40-17-4-8-25-46(40)51-48(36)42/h1-30H. The van der Waals surface area contributed by atoms with Crippen LogP contribution < -0.4 is 0 Å². The van der Waals surface area contributed by atoms with Gasteiger partial charge in [-0.05, 0) is 62.7 Å². The molecule has 0 aliphatic heterocycles. The molecule has 0 radical (unpaired) electrons. The molecular formula is C49H30O2. The van der Waals surface area contributed by atoms with Crippen molar-refractivity contribution >= 4 is 43.9 Å². The molecule has 2 aromatic heterocycles. The molecule has 11 rings (SSSR count). The van der Waals surface area contributed by atoms with E-state index in [1.54, 1.807) is 0 Å². The normalized spacial score (nSPS) is 13.3. The van der Waals surface area contributed by atoms with Gasteiger partial charge in [0.2, 0.25) is 0 Å². The lowest BCUT2D eigenvalue weighted by Gasteiger charge is -2.34. The minimum absolute atomic E-state index is 0.533. The molecule has 0 saturated heterocycles. The molecule has 2 heterocycles. The molecule has 1 aliphatic rings. The first-order chi connectivity index (χ1) is 25.3. The Kier molecular flexibility index (Phi) is 5.91. The second kappa shape index (κ2) is 10.7. The lowest BCUT2D eigenvalue weighted by molar-refractivity contribution is 0.669. The summed E-state index contributed by atoms with van der Waals surface area (Å²) in [5.74, 6) is 0. The largest absolute Gasteiger partial charge is 0.455 e. The van der Waals surface area contributed by atoms with Crippen LogP contribution in [0.25, 0.3) is 77.3 Å². The zero-order chi connectivity index (χ0) is 33.5. The van der Waals surface area contributed by atoms with E-state index in [4.69, 9.17) is 8.83 Å². The molecule has 51 heavy (non-hydrogen) atoms. The van der Waals surface area contributed by atoms with Crippen LogP contribution in [0.2, 0.25) is 0 Å². The first kappa shape index (κ1) is 28.2. The fraction of sp³-hybridized carbons (Fsp3) is 0.0204. The molecule has 2 nitrogen and oxygen atoms in total. The van der Waals surface area contributed by atoms with Gasteiger partial charge in [0.25, 0.3) is 0 Å². The molecule has 0 N–H and O–H groups in total. The van der Waals surface area contributed by atoms with E-state index in [0.717, 1.165) is 66.1 Å². The number of benzene rings is 8. The summed E-state index contributed by atoms with van der Waals surface area (Å²) in [6.07, 6.45) is 0. The number of hydrogen-bond acceptors (Lipinski definition) is 2. The van der Waals surface area contributed by atoms with Crippen molar-refractivity contribution in [3.8, 4) is 33.4 Å². The number of fused-ring (bicyclic) bond motifs is 9. The van der Waals surface area contributed by atoms with E-state index >= 15 is 0 Å². The molecule has 2 heteroatoms. The average molecular weight is 651 g/mol. The second-order valence-corrected chi connectivity index (χ2v) is 13.6. The van der Waals surface area contributed by atoms with Gasteiger partial charge in [0, 0.05) is 32.7 Å². The third kappa shape index (κ3) is 3.93. The van der Waals surface area contributed by atoms with Crippen LogP contribution in [0.3, 0.4) is 0 Å². The number of para-hydroxylation sites is 4. The molecule has 0 atom stereocenters. The van der Waals surface area contributed by atoms with Crippen LogP contribution in [-0.4, -0.2) is 0 Å². The Bertz CT molecular complexity index is 2930. The SMILES string of the molecule is c1cc(-c2cccc3c2oc2ccccc23)cc(C2(c3ccc(-c4cccc5c4oc4ccccc45)cc3)c3ccccc3-c3ccccc32)c1. The number of rotatable bonds is 4. The number of furan rings is 2. The molecule has 238 valence electrons. The average Bonchev–Trinajstić information content (AvgIpc) is 3.87. The predicted molar refractivity (Wildman–Crippen MR) is 209 cm³/mol. The van der Waals surface area contributed by atoms with Crippen molar-refractivity contribution in [2.45, 2.75) is 5.41 Å². The van der Waals surface area contributed by atoms with E-state index in [0.29, 0.717) is 0 Å². The first-order valence-electron chi connectivity index (χ1n) is 17.5. The van der Waals surface area contributed by atoms with Crippen molar-refractivity contribution in [3.63, 3.8) is 0 Å². The van der Waals surface area contributed by atoms with E-state index in [2.05, 4.69) is 164 Å². The molecule has 1 aliphatic carbocycles. The maximum absolute atomic E-state index is 6.52. The molecule has 0 amide bonds. The lowest BCUT2D eigenvalue weighted by atomic mass is 9.67. The quantitative estimate of drug-likeness (QED) is 0.189. The summed E-state index contributed by atoms with van der Waals surface area (Å²) < 4.78 is 13.0. The Hall–Kier alpha value is -6.64. The van der Waals surface area contributed by atoms with Crippen molar-refractivity contribution in [2.24, 2.45) is 0 Å². The monoisotopic (exact) mass is 650 g/mol. The summed E-state index contributed by atoms with van der Waals surface area (Å²) in [6, 6.07) is 65.6. The third-order valence-electron chi connectivity index (χ3n) is 11.0. The molecule has 8 aromatic carbocycles. The van der Waals surface area contributed by atoms with Crippen molar-refractivity contribution in [2.75, 3.05) is 0 Å². The molecule has 0 spiro atoms. The molecule has 10 aromatic rings. The highest BCUT2D eigenvalue weighted by Crippen LogP contribution is 2.56. The zero-order valence-electron chi connectivity index (χ0n) is 27.6. The molecule has 0 unspecified atom stereocenters. The highest BCUT2D eigenvalue weighted by atomic mass is 16.3. The highest BCUT2D eigenvalue weighted by Gasteiger charge is 2.46. The van der Waals surface area contributed by atoms with Gasteiger partial charge in [0.15, 0.2) is 0 Å². The van der Waals surface area contributed by atoms with Gasteiger partial charge in [-0.15, -0.1) is 0 Å². The lowest BCUT2D eigenvalue weighted by Crippen LogP contribution is -2.28. The Balaban J connectivity index is 1.14. The van der Waals surface area contributed by atoms with Gasteiger partial charge in [-0.25, -0.2) is 0 Å². The van der Waals surface area contributed by atoms with Crippen LogP contribution in [0.15, 0.2) is 191 Å². The van der Waals surface area contributed by atoms with E-state index in [9.17, 15) is 0 Å². The maximum Gasteiger partial charge on any atom is 0.143 e. The van der Waals surface area contributed by atoms with Crippen LogP contribution in [0.4, 0.5) is 0 Å². The topological polar surface area (TPSA) is 26.3 Å². The molecule has 0 saturated carbocycles. The predicted octanol–water partition coefficient (Wildman–Crippen LogP) is 13.2. The van der Waals surface area contributed by atoms with E-state index in [1.165, 1.54) is 33.4 Å². The fourth-order valence-electron chi connectivity index (χ4n) is 8.79. The van der Waals surface area contributed by atoms with Gasteiger partial charge in [-0.1, -0.05) is 164 Å². The first-order valence-corrected chi connectivity index (χ1v) is 17.5. The van der Waals surface area contributed by atoms with Crippen molar-refractivity contribution in [1.82, 2.24) is 0 Å². The third-order valence-corrected chi connectivity index (χ3v) is 11.0. The van der Waals surface area contributed by atoms with Gasteiger partial charge < -0.3 is 8.83 Å². The van der Waals surface area contributed by atoms with Gasteiger partial charge in [0.1, 0.15) is 22.3 Å². The summed E-state index contributed by atoms with van der Waals surface area (Å²) in [6.45, 7) is 0. The molecule has 0 fully saturated rings. The van der Waals surface area contributed by atoms with Crippen LogP contribution >= 0.6 is 0 Å². The smallest absolute Gasteiger partial charge is 0.143 e.